The lowest BCUT2D eigenvalue weighted by Gasteiger charge is -2.07. The number of aryl methyl sites for hydroxylation is 2. The van der Waals surface area contributed by atoms with Gasteiger partial charge in [-0.1, -0.05) is 0 Å². The molecule has 2 heterocycles. The molecule has 25 heavy (non-hydrogen) atoms. The van der Waals surface area contributed by atoms with Crippen molar-refractivity contribution in [2.45, 2.75) is 18.7 Å². The largest absolute Gasteiger partial charge is 0.494 e. The molecule has 2 aromatic heterocycles. The van der Waals surface area contributed by atoms with E-state index in [1.807, 2.05) is 6.92 Å². The van der Waals surface area contributed by atoms with E-state index in [2.05, 4.69) is 9.82 Å². The summed E-state index contributed by atoms with van der Waals surface area (Å²) in [5.74, 6) is 1.17. The zero-order valence-corrected chi connectivity index (χ0v) is 14.9. The summed E-state index contributed by atoms with van der Waals surface area (Å²) < 4.78 is 35.7. The van der Waals surface area contributed by atoms with Crippen molar-refractivity contribution in [1.29, 1.82) is 0 Å². The van der Waals surface area contributed by atoms with E-state index >= 15 is 0 Å². The minimum atomic E-state index is -3.83. The molecule has 0 unspecified atom stereocenters. The van der Waals surface area contributed by atoms with Gasteiger partial charge in [-0.3, -0.25) is 13.9 Å². The molecule has 3 aromatic rings. The van der Waals surface area contributed by atoms with E-state index in [-0.39, 0.29) is 16.0 Å². The maximum atomic E-state index is 12.6. The second-order valence-corrected chi connectivity index (χ2v) is 7.15. The SMILES string of the molecule is CCOc1ccc(NS(=O)(=O)c2cc3c(=O)n(C)nc(C)n3c2)cc1. The van der Waals surface area contributed by atoms with Gasteiger partial charge >= 0.3 is 0 Å². The number of aromatic nitrogens is 3. The van der Waals surface area contributed by atoms with E-state index in [1.165, 1.54) is 28.4 Å². The fourth-order valence-corrected chi connectivity index (χ4v) is 3.57. The summed E-state index contributed by atoms with van der Waals surface area (Å²) in [4.78, 5) is 12.1. The number of anilines is 1. The number of nitrogens with one attached hydrogen (secondary N) is 1. The Morgan fingerprint density at radius 3 is 2.56 bits per heavy atom. The molecule has 1 aromatic carbocycles. The maximum Gasteiger partial charge on any atom is 0.290 e. The molecule has 0 aliphatic heterocycles. The highest BCUT2D eigenvalue weighted by molar-refractivity contribution is 7.92. The van der Waals surface area contributed by atoms with Gasteiger partial charge in [0.1, 0.15) is 22.0 Å². The molecule has 132 valence electrons. The van der Waals surface area contributed by atoms with Crippen molar-refractivity contribution in [3.8, 4) is 5.75 Å². The number of ether oxygens (including phenoxy) is 1. The maximum absolute atomic E-state index is 12.6. The van der Waals surface area contributed by atoms with Crippen LogP contribution in [0.4, 0.5) is 5.69 Å². The van der Waals surface area contributed by atoms with Crippen molar-refractivity contribution in [1.82, 2.24) is 14.2 Å². The first kappa shape index (κ1) is 17.0. The number of sulfonamides is 1. The van der Waals surface area contributed by atoms with E-state index < -0.39 is 10.0 Å². The standard InChI is InChI=1S/C16H18N4O4S/c1-4-24-13-7-5-12(6-8-13)18-25(22,23)14-9-15-16(21)19(3)17-11(2)20(15)10-14/h5-10,18H,4H2,1-3H3. The molecular weight excluding hydrogens is 344 g/mol. The molecule has 0 bridgehead atoms. The van der Waals surface area contributed by atoms with Crippen LogP contribution in [0.1, 0.15) is 12.7 Å². The molecule has 9 heteroatoms. The van der Waals surface area contributed by atoms with Crippen molar-refractivity contribution < 1.29 is 13.2 Å². The van der Waals surface area contributed by atoms with Crippen molar-refractivity contribution in [3.63, 3.8) is 0 Å². The highest BCUT2D eigenvalue weighted by Gasteiger charge is 2.19. The van der Waals surface area contributed by atoms with Crippen LogP contribution in [0.25, 0.3) is 5.52 Å². The third-order valence-electron chi connectivity index (χ3n) is 3.68. The number of rotatable bonds is 5. The fraction of sp³-hybridized carbons (Fsp3) is 0.250. The number of benzene rings is 1. The number of hydrogen-bond acceptors (Lipinski definition) is 5. The number of fused-ring (bicyclic) bond motifs is 1. The van der Waals surface area contributed by atoms with E-state index in [0.717, 1.165) is 0 Å². The first-order valence-corrected chi connectivity index (χ1v) is 9.12. The molecule has 0 saturated carbocycles. The van der Waals surface area contributed by atoms with Crippen molar-refractivity contribution in [2.75, 3.05) is 11.3 Å². The van der Waals surface area contributed by atoms with Crippen LogP contribution in [0.15, 0.2) is 46.2 Å². The van der Waals surface area contributed by atoms with Gasteiger partial charge in [0.25, 0.3) is 15.6 Å². The van der Waals surface area contributed by atoms with Crippen LogP contribution in [-0.2, 0) is 17.1 Å². The van der Waals surface area contributed by atoms with Gasteiger partial charge in [0, 0.05) is 18.9 Å². The molecule has 0 aliphatic carbocycles. The lowest BCUT2D eigenvalue weighted by molar-refractivity contribution is 0.340. The summed E-state index contributed by atoms with van der Waals surface area (Å²) in [7, 11) is -2.31. The lowest BCUT2D eigenvalue weighted by Crippen LogP contribution is -2.22. The van der Waals surface area contributed by atoms with Crippen LogP contribution in [0, 0.1) is 6.92 Å². The average molecular weight is 362 g/mol. The molecular formula is C16H18N4O4S. The van der Waals surface area contributed by atoms with Crippen molar-refractivity contribution in [3.05, 3.63) is 52.7 Å². The van der Waals surface area contributed by atoms with Crippen molar-refractivity contribution in [2.24, 2.45) is 7.05 Å². The second-order valence-electron chi connectivity index (χ2n) is 5.47. The number of nitrogens with zero attached hydrogens (tertiary/aromatic N) is 3. The third-order valence-corrected chi connectivity index (χ3v) is 5.03. The monoisotopic (exact) mass is 362 g/mol. The Kier molecular flexibility index (Phi) is 4.25. The quantitative estimate of drug-likeness (QED) is 0.743. The minimum absolute atomic E-state index is 0.00501. The number of hydrogen-bond donors (Lipinski definition) is 1. The highest BCUT2D eigenvalue weighted by atomic mass is 32.2. The van der Waals surface area contributed by atoms with Gasteiger partial charge in [-0.15, -0.1) is 0 Å². The third kappa shape index (κ3) is 3.22. The average Bonchev–Trinajstić information content (AvgIpc) is 3.02. The summed E-state index contributed by atoms with van der Waals surface area (Å²) in [6.45, 7) is 4.10. The van der Waals surface area contributed by atoms with Crippen LogP contribution in [0.5, 0.6) is 5.75 Å². The molecule has 0 saturated heterocycles. The summed E-state index contributed by atoms with van der Waals surface area (Å²) in [5, 5.41) is 4.05. The van der Waals surface area contributed by atoms with E-state index in [4.69, 9.17) is 4.74 Å². The Labute approximate surface area is 144 Å². The van der Waals surface area contributed by atoms with Crippen LogP contribution < -0.4 is 15.0 Å². The molecule has 1 N–H and O–H groups in total. The Balaban J connectivity index is 1.97. The lowest BCUT2D eigenvalue weighted by atomic mass is 10.3. The topological polar surface area (TPSA) is 94.7 Å². The summed E-state index contributed by atoms with van der Waals surface area (Å²) in [5.41, 5.74) is 0.289. The van der Waals surface area contributed by atoms with E-state index in [0.29, 0.717) is 23.9 Å². The fourth-order valence-electron chi connectivity index (χ4n) is 2.49. The van der Waals surface area contributed by atoms with Gasteiger partial charge in [0.2, 0.25) is 0 Å². The van der Waals surface area contributed by atoms with Gasteiger partial charge in [0.15, 0.2) is 0 Å². The van der Waals surface area contributed by atoms with Gasteiger partial charge in [-0.25, -0.2) is 13.1 Å². The predicted molar refractivity (Wildman–Crippen MR) is 93.6 cm³/mol. The summed E-state index contributed by atoms with van der Waals surface area (Å²) in [6, 6.07) is 7.94. The van der Waals surface area contributed by atoms with Gasteiger partial charge in [0.05, 0.1) is 6.61 Å². The normalized spacial score (nSPS) is 11.6. The summed E-state index contributed by atoms with van der Waals surface area (Å²) in [6.07, 6.45) is 1.38. The van der Waals surface area contributed by atoms with Gasteiger partial charge in [-0.2, -0.15) is 5.10 Å². The van der Waals surface area contributed by atoms with E-state index in [1.54, 1.807) is 31.2 Å². The zero-order chi connectivity index (χ0) is 18.2. The van der Waals surface area contributed by atoms with Gasteiger partial charge in [-0.05, 0) is 44.2 Å². The van der Waals surface area contributed by atoms with Crippen LogP contribution in [0.3, 0.4) is 0 Å². The van der Waals surface area contributed by atoms with Gasteiger partial charge < -0.3 is 4.74 Å². The Bertz CT molecular complexity index is 1080. The summed E-state index contributed by atoms with van der Waals surface area (Å²) >= 11 is 0. The molecule has 0 radical (unpaired) electrons. The first-order valence-electron chi connectivity index (χ1n) is 7.63. The molecule has 0 atom stereocenters. The Morgan fingerprint density at radius 1 is 1.24 bits per heavy atom. The second kappa shape index (κ2) is 6.25. The minimum Gasteiger partial charge on any atom is -0.494 e. The van der Waals surface area contributed by atoms with Crippen LogP contribution in [-0.4, -0.2) is 29.2 Å². The Hall–Kier alpha value is -2.81. The van der Waals surface area contributed by atoms with Crippen LogP contribution >= 0.6 is 0 Å². The molecule has 0 fully saturated rings. The Morgan fingerprint density at radius 2 is 1.92 bits per heavy atom. The molecule has 0 amide bonds. The molecule has 0 spiro atoms. The van der Waals surface area contributed by atoms with Crippen molar-refractivity contribution >= 4 is 21.2 Å². The molecule has 8 nitrogen and oxygen atoms in total. The molecule has 3 rings (SSSR count). The zero-order valence-electron chi connectivity index (χ0n) is 14.1. The highest BCUT2D eigenvalue weighted by Crippen LogP contribution is 2.21. The van der Waals surface area contributed by atoms with Crippen LogP contribution in [0.2, 0.25) is 0 Å². The first-order chi connectivity index (χ1) is 11.8. The molecule has 0 aliphatic rings. The predicted octanol–water partition coefficient (Wildman–Crippen LogP) is 1.54. The smallest absolute Gasteiger partial charge is 0.290 e. The van der Waals surface area contributed by atoms with E-state index in [9.17, 15) is 13.2 Å².